The lowest BCUT2D eigenvalue weighted by molar-refractivity contribution is -0.336. The van der Waals surface area contributed by atoms with Gasteiger partial charge in [0.1, 0.15) is 24.9 Å². The smallest absolute Gasteiger partial charge is 0.331 e. The summed E-state index contributed by atoms with van der Waals surface area (Å²) >= 11 is 0. The number of aliphatic hydroxyl groups excluding tert-OH is 4. The van der Waals surface area contributed by atoms with Crippen LogP contribution in [0.3, 0.4) is 0 Å². The number of cyclic esters (lactones) is 1. The topological polar surface area (TPSA) is 183 Å². The van der Waals surface area contributed by atoms with Crippen LogP contribution in [0.5, 0.6) is 0 Å². The molecule has 0 aromatic rings. The van der Waals surface area contributed by atoms with E-state index in [0.717, 1.165) is 63.4 Å². The van der Waals surface area contributed by atoms with Crippen LogP contribution in [-0.2, 0) is 38.0 Å². The first kappa shape index (κ1) is 39.6. The highest BCUT2D eigenvalue weighted by atomic mass is 16.7. The molecular formula is C41H64O13. The molecule has 5 N–H and O–H groups in total. The van der Waals surface area contributed by atoms with Crippen molar-refractivity contribution in [2.24, 2.45) is 34.5 Å². The van der Waals surface area contributed by atoms with Gasteiger partial charge in [-0.05, 0) is 113 Å². The summed E-state index contributed by atoms with van der Waals surface area (Å²) in [6, 6.07) is 0. The van der Waals surface area contributed by atoms with Crippen molar-refractivity contribution < 1.29 is 63.5 Å². The third-order valence-corrected chi connectivity index (χ3v) is 15.9. The van der Waals surface area contributed by atoms with Crippen molar-refractivity contribution in [1.82, 2.24) is 0 Å². The fraction of sp³-hybridized carbons (Fsp3) is 0.927. The van der Waals surface area contributed by atoms with Gasteiger partial charge < -0.3 is 58.7 Å². The SMILES string of the molecule is CC1O[C@@H](O[C@@H]2C(O)C[C@H](O[C@@H]3C(O)C[C@@H](OC4CC[C@@]5(C)C6CC[C@]7(C)C(C8=CC(=O)OC8)CC[C@@]7(O)C6CC[C@@H]5C4)OC3C)OC2C)CC(O)[C@H]1O. The molecular weight excluding hydrogens is 700 g/mol. The molecule has 8 rings (SSSR count). The van der Waals surface area contributed by atoms with Crippen LogP contribution in [0.4, 0.5) is 0 Å². The van der Waals surface area contributed by atoms with E-state index >= 15 is 0 Å². The maximum atomic E-state index is 12.6. The summed E-state index contributed by atoms with van der Waals surface area (Å²) in [4.78, 5) is 11.9. The van der Waals surface area contributed by atoms with Crippen LogP contribution < -0.4 is 0 Å². The van der Waals surface area contributed by atoms with E-state index in [4.69, 9.17) is 33.2 Å². The third-order valence-electron chi connectivity index (χ3n) is 15.9. The van der Waals surface area contributed by atoms with Crippen LogP contribution in [-0.4, -0.2) is 124 Å². The van der Waals surface area contributed by atoms with Crippen molar-refractivity contribution >= 4 is 5.97 Å². The van der Waals surface area contributed by atoms with Gasteiger partial charge in [0.25, 0.3) is 0 Å². The Labute approximate surface area is 319 Å². The number of fused-ring (bicyclic) bond motifs is 5. The molecule has 4 aliphatic heterocycles. The monoisotopic (exact) mass is 764 g/mol. The van der Waals surface area contributed by atoms with Crippen LogP contribution in [0.25, 0.3) is 0 Å². The summed E-state index contributed by atoms with van der Waals surface area (Å²) < 4.78 is 42.2. The molecule has 20 atom stereocenters. The van der Waals surface area contributed by atoms with Gasteiger partial charge in [0.2, 0.25) is 0 Å². The summed E-state index contributed by atoms with van der Waals surface area (Å²) in [5.74, 6) is 1.13. The molecule has 4 aliphatic carbocycles. The molecule has 3 saturated heterocycles. The lowest BCUT2D eigenvalue weighted by atomic mass is 9.43. The van der Waals surface area contributed by atoms with Gasteiger partial charge in [-0.1, -0.05) is 13.8 Å². The average Bonchev–Trinajstić information content (AvgIpc) is 3.66. The minimum absolute atomic E-state index is 0.0243. The number of esters is 1. The highest BCUT2D eigenvalue weighted by molar-refractivity contribution is 5.85. The van der Waals surface area contributed by atoms with Crippen LogP contribution in [0, 0.1) is 34.5 Å². The zero-order valence-corrected chi connectivity index (χ0v) is 32.6. The van der Waals surface area contributed by atoms with Crippen molar-refractivity contribution in [2.45, 2.75) is 197 Å². The van der Waals surface area contributed by atoms with Gasteiger partial charge >= 0.3 is 5.97 Å². The first-order valence-corrected chi connectivity index (χ1v) is 20.8. The van der Waals surface area contributed by atoms with Crippen LogP contribution in [0.15, 0.2) is 11.6 Å². The minimum Gasteiger partial charge on any atom is -0.458 e. The predicted molar refractivity (Wildman–Crippen MR) is 191 cm³/mol. The van der Waals surface area contributed by atoms with Crippen LogP contribution in [0.2, 0.25) is 0 Å². The minimum atomic E-state index is -0.996. The molecule has 0 bridgehead atoms. The molecule has 0 radical (unpaired) electrons. The Kier molecular flexibility index (Phi) is 10.9. The zero-order chi connectivity index (χ0) is 38.3. The molecule has 4 heterocycles. The molecule has 0 aromatic carbocycles. The van der Waals surface area contributed by atoms with E-state index < -0.39 is 79.4 Å². The Balaban J connectivity index is 0.826. The average molecular weight is 765 g/mol. The molecule has 0 aromatic heterocycles. The Morgan fingerprint density at radius 1 is 0.685 bits per heavy atom. The van der Waals surface area contributed by atoms with Crippen LogP contribution in [0.1, 0.15) is 112 Å². The first-order valence-electron chi connectivity index (χ1n) is 20.8. The second-order valence-electron chi connectivity index (χ2n) is 18.7. The predicted octanol–water partition coefficient (Wildman–Crippen LogP) is 3.25. The number of aliphatic hydroxyl groups is 5. The standard InChI is InChI=1S/C41H64O13/c1-20-36(46)29(42)16-34(49-20)53-38-22(3)51-35(18-31(38)44)54-37-21(2)50-33(17-30(37)43)52-25-8-11-39(4)24(15-25)6-7-28-27(39)9-12-40(5)26(10-13-41(28,40)47)23-14-32(45)48-19-23/h14,20-22,24-31,33-38,42-44,46-47H,6-13,15-19H2,1-5H3/t20?,21?,22?,24-,25?,26?,27?,28?,29?,30?,31?,33-,34+,35+,36+,37+,38+,39-,40-,41-/m1/s1. The summed E-state index contributed by atoms with van der Waals surface area (Å²) in [7, 11) is 0. The summed E-state index contributed by atoms with van der Waals surface area (Å²) in [5.41, 5.74) is 0.215. The quantitative estimate of drug-likeness (QED) is 0.188. The molecule has 7 fully saturated rings. The van der Waals surface area contributed by atoms with E-state index in [1.54, 1.807) is 19.9 Å². The summed E-state index contributed by atoms with van der Waals surface area (Å²) in [6.07, 6.45) is 1.90. The number of rotatable bonds is 7. The van der Waals surface area contributed by atoms with Gasteiger partial charge in [0.05, 0.1) is 48.3 Å². The van der Waals surface area contributed by atoms with E-state index in [2.05, 4.69) is 13.8 Å². The number of ether oxygens (including phenoxy) is 7. The van der Waals surface area contributed by atoms with E-state index in [9.17, 15) is 30.3 Å². The number of hydrogen-bond acceptors (Lipinski definition) is 13. The van der Waals surface area contributed by atoms with Gasteiger partial charge in [-0.2, -0.15) is 0 Å². The van der Waals surface area contributed by atoms with Crippen LogP contribution >= 0.6 is 0 Å². The molecule has 13 nitrogen and oxygen atoms in total. The molecule has 54 heavy (non-hydrogen) atoms. The second-order valence-corrected chi connectivity index (χ2v) is 18.7. The number of carbonyl (C=O) groups is 1. The van der Waals surface area contributed by atoms with Gasteiger partial charge in [-0.25, -0.2) is 4.79 Å². The molecule has 10 unspecified atom stereocenters. The van der Waals surface area contributed by atoms with Crippen molar-refractivity contribution in [3.8, 4) is 0 Å². The third kappa shape index (κ3) is 6.82. The fourth-order valence-electron chi connectivity index (χ4n) is 12.8. The van der Waals surface area contributed by atoms with Gasteiger partial charge in [-0.15, -0.1) is 0 Å². The number of carbonyl (C=O) groups excluding carboxylic acids is 1. The molecule has 0 amide bonds. The maximum Gasteiger partial charge on any atom is 0.331 e. The molecule has 306 valence electrons. The normalized spacial score (nSPS) is 55.0. The molecule has 13 heteroatoms. The van der Waals surface area contributed by atoms with E-state index in [1.807, 2.05) is 6.92 Å². The summed E-state index contributed by atoms with van der Waals surface area (Å²) in [6.45, 7) is 10.4. The molecule has 4 saturated carbocycles. The van der Waals surface area contributed by atoms with Crippen molar-refractivity contribution in [3.63, 3.8) is 0 Å². The molecule has 0 spiro atoms. The Morgan fingerprint density at radius 2 is 1.30 bits per heavy atom. The van der Waals surface area contributed by atoms with E-state index in [0.29, 0.717) is 18.4 Å². The Bertz CT molecular complexity index is 1370. The Hall–Kier alpha value is -1.23. The van der Waals surface area contributed by atoms with E-state index in [1.165, 1.54) is 0 Å². The van der Waals surface area contributed by atoms with Gasteiger partial charge in [0, 0.05) is 30.8 Å². The van der Waals surface area contributed by atoms with E-state index in [-0.39, 0.29) is 54.0 Å². The maximum absolute atomic E-state index is 12.6. The molecule has 8 aliphatic rings. The lowest BCUT2D eigenvalue weighted by Gasteiger charge is -2.64. The highest BCUT2D eigenvalue weighted by Crippen LogP contribution is 2.70. The fourth-order valence-corrected chi connectivity index (χ4v) is 12.8. The van der Waals surface area contributed by atoms with Gasteiger partial charge in [-0.3, -0.25) is 0 Å². The first-order chi connectivity index (χ1) is 25.6. The number of hydrogen-bond donors (Lipinski definition) is 5. The summed E-state index contributed by atoms with van der Waals surface area (Å²) in [5, 5.41) is 55.0. The largest absolute Gasteiger partial charge is 0.458 e. The highest BCUT2D eigenvalue weighted by Gasteiger charge is 2.68. The Morgan fingerprint density at radius 3 is 1.89 bits per heavy atom. The zero-order valence-electron chi connectivity index (χ0n) is 32.6. The van der Waals surface area contributed by atoms with Crippen molar-refractivity contribution in [2.75, 3.05) is 6.61 Å². The van der Waals surface area contributed by atoms with Gasteiger partial charge in [0.15, 0.2) is 18.9 Å². The second kappa shape index (κ2) is 14.9. The van der Waals surface area contributed by atoms with Crippen molar-refractivity contribution in [3.05, 3.63) is 11.6 Å². The van der Waals surface area contributed by atoms with Crippen molar-refractivity contribution in [1.29, 1.82) is 0 Å². The lowest BCUT2D eigenvalue weighted by Crippen LogP contribution is -2.62.